The van der Waals surface area contributed by atoms with E-state index in [1.165, 1.54) is 0 Å². The minimum Gasteiger partial charge on any atom is -0.458 e. The van der Waals surface area contributed by atoms with Gasteiger partial charge in [-0.25, -0.2) is 0 Å². The van der Waals surface area contributed by atoms with Crippen LogP contribution < -0.4 is 25.9 Å². The van der Waals surface area contributed by atoms with Crippen LogP contribution in [0.3, 0.4) is 0 Å². The maximum atomic E-state index is 6.53. The number of rotatable bonds is 4. The van der Waals surface area contributed by atoms with Crippen LogP contribution in [0.1, 0.15) is 0 Å². The monoisotopic (exact) mass is 576 g/mol. The van der Waals surface area contributed by atoms with Crippen LogP contribution in [0.4, 0.5) is 0 Å². The molecule has 0 radical (unpaired) electrons. The summed E-state index contributed by atoms with van der Waals surface area (Å²) in [4.78, 5) is 9.49. The Kier molecular flexibility index (Phi) is 5.88. The maximum Gasteiger partial charge on any atom is 0.260 e. The van der Waals surface area contributed by atoms with Gasteiger partial charge in [-0.3, -0.25) is 9.97 Å². The lowest BCUT2D eigenvalue weighted by molar-refractivity contribution is 0.464. The summed E-state index contributed by atoms with van der Waals surface area (Å²) in [6, 6.07) is 47.9. The fourth-order valence-corrected chi connectivity index (χ4v) is 6.47. The largest absolute Gasteiger partial charge is 0.458 e. The van der Waals surface area contributed by atoms with Gasteiger partial charge in [-0.2, -0.15) is 0 Å². The molecule has 5 heteroatoms. The maximum absolute atomic E-state index is 6.53. The summed E-state index contributed by atoms with van der Waals surface area (Å²) in [5.74, 6) is 3.36. The van der Waals surface area contributed by atoms with Gasteiger partial charge in [0.15, 0.2) is 0 Å². The van der Waals surface area contributed by atoms with Crippen molar-refractivity contribution in [2.75, 3.05) is 0 Å². The smallest absolute Gasteiger partial charge is 0.260 e. The van der Waals surface area contributed by atoms with E-state index in [1.54, 1.807) is 0 Å². The normalized spacial score (nSPS) is 12.3. The van der Waals surface area contributed by atoms with Gasteiger partial charge in [0.25, 0.3) is 6.71 Å². The van der Waals surface area contributed by atoms with Crippen LogP contribution in [-0.2, 0) is 0 Å². The molecule has 7 aromatic rings. The zero-order valence-electron chi connectivity index (χ0n) is 24.2. The van der Waals surface area contributed by atoms with Crippen LogP contribution in [0.5, 0.6) is 23.0 Å². The number of nitrogens with zero attached hydrogens (tertiary/aromatic N) is 2. The summed E-state index contributed by atoms with van der Waals surface area (Å²) in [7, 11) is 0. The van der Waals surface area contributed by atoms with Crippen molar-refractivity contribution in [2.45, 2.75) is 0 Å². The molecule has 0 N–H and O–H groups in total. The third-order valence-corrected chi connectivity index (χ3v) is 8.74. The minimum absolute atomic E-state index is 0.00367. The van der Waals surface area contributed by atoms with Gasteiger partial charge in [-0.15, -0.1) is 0 Å². The van der Waals surface area contributed by atoms with Gasteiger partial charge in [0.05, 0.1) is 11.4 Å². The van der Waals surface area contributed by atoms with Crippen LogP contribution in [0.2, 0.25) is 0 Å². The highest BCUT2D eigenvalue weighted by Gasteiger charge is 2.40. The summed E-state index contributed by atoms with van der Waals surface area (Å²) in [6.07, 6.45) is 3.87. The lowest BCUT2D eigenvalue weighted by atomic mass is 9.35. The topological polar surface area (TPSA) is 44.2 Å². The number of fused-ring (bicyclic) bond motifs is 4. The van der Waals surface area contributed by atoms with E-state index in [-0.39, 0.29) is 6.71 Å². The molecular formula is C40H25BN2O2. The molecule has 0 saturated carbocycles. The van der Waals surface area contributed by atoms with Crippen LogP contribution in [0.15, 0.2) is 152 Å². The highest BCUT2D eigenvalue weighted by Crippen LogP contribution is 2.37. The molecule has 0 aliphatic carbocycles. The summed E-state index contributed by atoms with van der Waals surface area (Å²) >= 11 is 0. The predicted octanol–water partition coefficient (Wildman–Crippen LogP) is 7.87. The van der Waals surface area contributed by atoms with Gasteiger partial charge in [0.1, 0.15) is 23.0 Å². The van der Waals surface area contributed by atoms with E-state index in [2.05, 4.69) is 84.9 Å². The van der Waals surface area contributed by atoms with Gasteiger partial charge < -0.3 is 9.47 Å². The standard InChI is InChI=1S/C40H25BN2O2/c1-3-8-26(9-4-1)34-20-16-30(24-42-34)28-14-18-32-38(22-28)44-36-12-7-13-37-40(36)41(32)33-19-15-29(23-39(33)45-37)31-17-21-35(43-25-31)27-10-5-2-6-11-27/h1-25H. The third kappa shape index (κ3) is 4.40. The Hall–Kier alpha value is -5.94. The Morgan fingerprint density at radius 3 is 1.29 bits per heavy atom. The lowest BCUT2D eigenvalue weighted by Gasteiger charge is -2.33. The first-order valence-corrected chi connectivity index (χ1v) is 15.1. The molecule has 0 saturated heterocycles. The minimum atomic E-state index is 0.00367. The van der Waals surface area contributed by atoms with E-state index >= 15 is 0 Å². The highest BCUT2D eigenvalue weighted by molar-refractivity contribution is 6.98. The second-order valence-corrected chi connectivity index (χ2v) is 11.4. The van der Waals surface area contributed by atoms with Gasteiger partial charge in [-0.1, -0.05) is 103 Å². The molecule has 2 aliphatic rings. The SMILES string of the molecule is c1ccc(-c2ccc(-c3ccc4c(c3)Oc3cccc5c3B4c3ccc(-c4ccc(-c6ccccc6)nc4)cc3O5)cn2)cc1. The molecule has 4 heterocycles. The molecule has 4 nitrogen and oxygen atoms in total. The molecule has 0 bridgehead atoms. The first kappa shape index (κ1) is 25.6. The van der Waals surface area contributed by atoms with Crippen molar-refractivity contribution in [3.8, 4) is 67.8 Å². The van der Waals surface area contributed by atoms with Crippen LogP contribution in [0.25, 0.3) is 44.8 Å². The molecule has 2 aliphatic heterocycles. The van der Waals surface area contributed by atoms with Gasteiger partial charge in [-0.05, 0) is 58.5 Å². The number of aromatic nitrogens is 2. The molecule has 9 rings (SSSR count). The first-order chi connectivity index (χ1) is 22.3. The molecule has 2 aromatic heterocycles. The summed E-state index contributed by atoms with van der Waals surface area (Å²) in [5.41, 5.74) is 11.7. The number of benzene rings is 5. The zero-order chi connectivity index (χ0) is 29.7. The molecule has 0 fully saturated rings. The van der Waals surface area contributed by atoms with E-state index in [0.717, 1.165) is 84.2 Å². The predicted molar refractivity (Wildman–Crippen MR) is 181 cm³/mol. The summed E-state index contributed by atoms with van der Waals surface area (Å²) < 4.78 is 13.1. The van der Waals surface area contributed by atoms with Crippen molar-refractivity contribution in [1.29, 1.82) is 0 Å². The first-order valence-electron chi connectivity index (χ1n) is 15.1. The molecule has 0 atom stereocenters. The van der Waals surface area contributed by atoms with Gasteiger partial charge in [0, 0.05) is 40.1 Å². The third-order valence-electron chi connectivity index (χ3n) is 8.74. The molecule has 0 amide bonds. The van der Waals surface area contributed by atoms with Crippen LogP contribution >= 0.6 is 0 Å². The molecule has 0 spiro atoms. The molecular weight excluding hydrogens is 551 g/mol. The average molecular weight is 576 g/mol. The van der Waals surface area contributed by atoms with Crippen LogP contribution in [0, 0.1) is 0 Å². The van der Waals surface area contributed by atoms with Crippen molar-refractivity contribution in [2.24, 2.45) is 0 Å². The highest BCUT2D eigenvalue weighted by atomic mass is 16.5. The van der Waals surface area contributed by atoms with Crippen molar-refractivity contribution < 1.29 is 9.47 Å². The second-order valence-electron chi connectivity index (χ2n) is 11.4. The van der Waals surface area contributed by atoms with Crippen LogP contribution in [-0.4, -0.2) is 16.7 Å². The average Bonchev–Trinajstić information content (AvgIpc) is 3.12. The van der Waals surface area contributed by atoms with E-state index in [1.807, 2.05) is 67.0 Å². The van der Waals surface area contributed by atoms with Crippen molar-refractivity contribution in [3.05, 3.63) is 152 Å². The quantitative estimate of drug-likeness (QED) is 0.200. The van der Waals surface area contributed by atoms with Crippen molar-refractivity contribution in [3.63, 3.8) is 0 Å². The number of hydrogen-bond acceptors (Lipinski definition) is 4. The molecule has 5 aromatic carbocycles. The number of ether oxygens (including phenoxy) is 2. The lowest BCUT2D eigenvalue weighted by Crippen LogP contribution is -2.57. The van der Waals surface area contributed by atoms with E-state index < -0.39 is 0 Å². The number of hydrogen-bond donors (Lipinski definition) is 0. The van der Waals surface area contributed by atoms with E-state index in [4.69, 9.17) is 19.4 Å². The Morgan fingerprint density at radius 2 is 0.844 bits per heavy atom. The molecule has 45 heavy (non-hydrogen) atoms. The van der Waals surface area contributed by atoms with E-state index in [9.17, 15) is 0 Å². The molecule has 0 unspecified atom stereocenters. The Balaban J connectivity index is 1.07. The van der Waals surface area contributed by atoms with Gasteiger partial charge >= 0.3 is 0 Å². The van der Waals surface area contributed by atoms with Crippen molar-refractivity contribution >= 4 is 23.1 Å². The fourth-order valence-electron chi connectivity index (χ4n) is 6.47. The Morgan fingerprint density at radius 1 is 0.378 bits per heavy atom. The second kappa shape index (κ2) is 10.4. The summed E-state index contributed by atoms with van der Waals surface area (Å²) in [5, 5.41) is 0. The summed E-state index contributed by atoms with van der Waals surface area (Å²) in [6.45, 7) is 0.00367. The Labute approximate surface area is 261 Å². The Bertz CT molecular complexity index is 2050. The van der Waals surface area contributed by atoms with E-state index in [0.29, 0.717) is 0 Å². The zero-order valence-corrected chi connectivity index (χ0v) is 24.2. The fraction of sp³-hybridized carbons (Fsp3) is 0. The number of pyridine rings is 2. The molecule has 210 valence electrons. The van der Waals surface area contributed by atoms with Crippen molar-refractivity contribution in [1.82, 2.24) is 9.97 Å². The van der Waals surface area contributed by atoms with Gasteiger partial charge in [0.2, 0.25) is 0 Å².